The Labute approximate surface area is 328 Å². The lowest BCUT2D eigenvalue weighted by molar-refractivity contribution is 0.983. The fourth-order valence-electron chi connectivity index (χ4n) is 9.08. The van der Waals surface area contributed by atoms with Gasteiger partial charge >= 0.3 is 0 Å². The molecule has 266 valence electrons. The van der Waals surface area contributed by atoms with Crippen molar-refractivity contribution >= 4 is 83.0 Å². The van der Waals surface area contributed by atoms with E-state index in [1.807, 2.05) is 24.3 Å². The van der Waals surface area contributed by atoms with Crippen molar-refractivity contribution in [2.45, 2.75) is 12.8 Å². The second-order valence-corrected chi connectivity index (χ2v) is 14.8. The normalized spacial score (nSPS) is 13.7. The first-order valence-corrected chi connectivity index (χ1v) is 19.5. The number of benzene rings is 7. The van der Waals surface area contributed by atoms with E-state index in [1.54, 1.807) is 0 Å². The predicted octanol–water partition coefficient (Wildman–Crippen LogP) is 13.1. The Morgan fingerprint density at radius 2 is 1.28 bits per heavy atom. The van der Waals surface area contributed by atoms with Gasteiger partial charge in [0.2, 0.25) is 5.95 Å². The monoisotopic (exact) mass is 727 g/mol. The van der Waals surface area contributed by atoms with Crippen LogP contribution in [0.25, 0.3) is 112 Å². The Morgan fingerprint density at radius 1 is 0.526 bits per heavy atom. The zero-order valence-electron chi connectivity index (χ0n) is 30.9. The van der Waals surface area contributed by atoms with Crippen molar-refractivity contribution in [2.24, 2.45) is 0 Å². The molecule has 0 saturated heterocycles. The fourth-order valence-corrected chi connectivity index (χ4v) is 9.08. The van der Waals surface area contributed by atoms with Crippen molar-refractivity contribution < 1.29 is 0 Å². The van der Waals surface area contributed by atoms with E-state index in [2.05, 4.69) is 167 Å². The third-order valence-electron chi connectivity index (χ3n) is 11.6. The van der Waals surface area contributed by atoms with Crippen LogP contribution in [0.15, 0.2) is 170 Å². The summed E-state index contributed by atoms with van der Waals surface area (Å²) in [5, 5.41) is 9.57. The van der Waals surface area contributed by atoms with Crippen LogP contribution >= 0.6 is 0 Å². The molecule has 3 heterocycles. The second-order valence-electron chi connectivity index (χ2n) is 14.8. The molecule has 10 aromatic rings. The first-order chi connectivity index (χ1) is 28.3. The van der Waals surface area contributed by atoms with E-state index in [4.69, 9.17) is 15.0 Å². The Kier molecular flexibility index (Phi) is 6.94. The molecule has 0 spiro atoms. The van der Waals surface area contributed by atoms with Crippen molar-refractivity contribution in [3.63, 3.8) is 0 Å². The molecule has 0 atom stereocenters. The van der Waals surface area contributed by atoms with E-state index in [0.29, 0.717) is 5.95 Å². The van der Waals surface area contributed by atoms with E-state index in [0.717, 1.165) is 79.9 Å². The molecule has 2 aliphatic rings. The Balaban J connectivity index is 1.22. The minimum atomic E-state index is 0.630. The second kappa shape index (κ2) is 12.5. The van der Waals surface area contributed by atoms with Gasteiger partial charge in [-0.3, -0.25) is 9.13 Å². The van der Waals surface area contributed by atoms with E-state index in [9.17, 15) is 0 Å². The Bertz CT molecular complexity index is 3480. The van der Waals surface area contributed by atoms with Gasteiger partial charge in [0.1, 0.15) is 5.82 Å². The molecular formula is C52H33N5. The molecule has 0 saturated carbocycles. The van der Waals surface area contributed by atoms with Crippen LogP contribution in [0.2, 0.25) is 0 Å². The minimum Gasteiger partial charge on any atom is -0.293 e. The van der Waals surface area contributed by atoms with Crippen LogP contribution in [0.1, 0.15) is 24.1 Å². The van der Waals surface area contributed by atoms with Crippen LogP contribution in [-0.4, -0.2) is 24.1 Å². The number of hydrogen-bond donors (Lipinski definition) is 0. The summed E-state index contributed by atoms with van der Waals surface area (Å²) in [5.41, 5.74) is 13.4. The van der Waals surface area contributed by atoms with Crippen LogP contribution in [0, 0.1) is 0 Å². The number of allylic oxidation sites excluding steroid dienone is 6. The fraction of sp³-hybridized carbons (Fsp3) is 0.0385. The Hall–Kier alpha value is -7.59. The van der Waals surface area contributed by atoms with Crippen LogP contribution in [0.4, 0.5) is 0 Å². The predicted molar refractivity (Wildman–Crippen MR) is 237 cm³/mol. The van der Waals surface area contributed by atoms with Crippen molar-refractivity contribution in [3.8, 4) is 28.6 Å². The molecule has 3 aromatic heterocycles. The average Bonchev–Trinajstić information content (AvgIpc) is 3.72. The van der Waals surface area contributed by atoms with Crippen molar-refractivity contribution in [3.05, 3.63) is 181 Å². The van der Waals surface area contributed by atoms with E-state index in [1.165, 1.54) is 37.7 Å². The number of hydrogen-bond acceptors (Lipinski definition) is 3. The number of para-hydroxylation sites is 1. The van der Waals surface area contributed by atoms with E-state index < -0.39 is 0 Å². The molecule has 57 heavy (non-hydrogen) atoms. The highest BCUT2D eigenvalue weighted by Crippen LogP contribution is 2.45. The molecule has 0 bridgehead atoms. The number of aromatic nitrogens is 5. The van der Waals surface area contributed by atoms with Crippen LogP contribution < -0.4 is 0 Å². The van der Waals surface area contributed by atoms with Crippen LogP contribution in [0.5, 0.6) is 0 Å². The maximum Gasteiger partial charge on any atom is 0.235 e. The van der Waals surface area contributed by atoms with Crippen LogP contribution in [-0.2, 0) is 0 Å². The van der Waals surface area contributed by atoms with E-state index >= 15 is 0 Å². The quantitative estimate of drug-likeness (QED) is 0.134. The Morgan fingerprint density at radius 3 is 2.09 bits per heavy atom. The summed E-state index contributed by atoms with van der Waals surface area (Å²) in [4.78, 5) is 16.1. The highest BCUT2D eigenvalue weighted by atomic mass is 15.2. The summed E-state index contributed by atoms with van der Waals surface area (Å²) >= 11 is 0. The molecule has 12 rings (SSSR count). The first kappa shape index (κ1) is 31.7. The third-order valence-corrected chi connectivity index (χ3v) is 11.6. The molecule has 0 aliphatic heterocycles. The van der Waals surface area contributed by atoms with Gasteiger partial charge in [0.15, 0.2) is 0 Å². The molecule has 0 unspecified atom stereocenters. The molecular weight excluding hydrogens is 695 g/mol. The van der Waals surface area contributed by atoms with Gasteiger partial charge in [-0.25, -0.2) is 15.0 Å². The zero-order chi connectivity index (χ0) is 37.5. The summed E-state index contributed by atoms with van der Waals surface area (Å²) in [6.07, 6.45) is 16.9. The van der Waals surface area contributed by atoms with Gasteiger partial charge in [0.25, 0.3) is 0 Å². The van der Waals surface area contributed by atoms with Gasteiger partial charge in [0.05, 0.1) is 33.5 Å². The largest absolute Gasteiger partial charge is 0.293 e. The SMILES string of the molecule is C1=CC=Cc2nc(-n3c4ccccc4c4c5c(ccc43)c3ccccc3c3cc4c(cc35)nc(-c3ccccc3)n4C3=CCCC=C3)nc(-c3ccccc3)c2C=1. The summed E-state index contributed by atoms with van der Waals surface area (Å²) in [6.45, 7) is 0. The molecule has 2 aliphatic carbocycles. The van der Waals surface area contributed by atoms with Gasteiger partial charge in [-0.05, 0) is 88.3 Å². The molecule has 0 radical (unpaired) electrons. The average molecular weight is 728 g/mol. The number of rotatable bonds is 4. The molecule has 0 amide bonds. The van der Waals surface area contributed by atoms with Gasteiger partial charge in [0, 0.05) is 38.5 Å². The molecule has 5 heteroatoms. The number of fused-ring (bicyclic) bond motifs is 12. The zero-order valence-corrected chi connectivity index (χ0v) is 30.9. The lowest BCUT2D eigenvalue weighted by Crippen LogP contribution is -2.06. The number of imidazole rings is 1. The minimum absolute atomic E-state index is 0.630. The molecule has 0 fully saturated rings. The van der Waals surface area contributed by atoms with Gasteiger partial charge in [-0.2, -0.15) is 0 Å². The first-order valence-electron chi connectivity index (χ1n) is 19.5. The topological polar surface area (TPSA) is 48.5 Å². The van der Waals surface area contributed by atoms with Gasteiger partial charge in [-0.1, -0.05) is 127 Å². The summed E-state index contributed by atoms with van der Waals surface area (Å²) < 4.78 is 4.60. The van der Waals surface area contributed by atoms with Crippen LogP contribution in [0.3, 0.4) is 0 Å². The van der Waals surface area contributed by atoms with Gasteiger partial charge in [-0.15, -0.1) is 5.73 Å². The maximum absolute atomic E-state index is 5.42. The summed E-state index contributed by atoms with van der Waals surface area (Å²) in [7, 11) is 0. The standard InChI is InChI=1S/C52H33N5/c1-5-17-33(18-6-1)50-39-25-11-4-12-27-43(39)54-52(55-50)57-45-28-16-15-26-40(45)49-46(57)30-29-38-36-23-13-14-24-37(36)41-32-47-44(31-42(41)48(38)49)53-51(34-19-7-2-8-20-34)56(47)35-21-9-3-10-22-35/h1-2,4-9,12-32H,3,10H2. The summed E-state index contributed by atoms with van der Waals surface area (Å²) in [6, 6.07) is 47.7. The lowest BCUT2D eigenvalue weighted by atomic mass is 9.91. The highest BCUT2D eigenvalue weighted by molar-refractivity contribution is 6.36. The van der Waals surface area contributed by atoms with E-state index in [-0.39, 0.29) is 0 Å². The van der Waals surface area contributed by atoms with Crippen molar-refractivity contribution in [2.75, 3.05) is 0 Å². The maximum atomic E-state index is 5.42. The smallest absolute Gasteiger partial charge is 0.235 e. The lowest BCUT2D eigenvalue weighted by Gasteiger charge is -2.15. The summed E-state index contributed by atoms with van der Waals surface area (Å²) in [5.74, 6) is 1.58. The molecule has 5 nitrogen and oxygen atoms in total. The molecule has 7 aromatic carbocycles. The molecule has 0 N–H and O–H groups in total. The third kappa shape index (κ3) is 4.80. The van der Waals surface area contributed by atoms with Crippen molar-refractivity contribution in [1.82, 2.24) is 24.1 Å². The highest BCUT2D eigenvalue weighted by Gasteiger charge is 2.24. The van der Waals surface area contributed by atoms with Gasteiger partial charge < -0.3 is 0 Å². The van der Waals surface area contributed by atoms with Crippen molar-refractivity contribution in [1.29, 1.82) is 0 Å². The number of nitrogens with zero attached hydrogens (tertiary/aromatic N) is 5.